The Kier molecular flexibility index (Phi) is 3.90. The Morgan fingerprint density at radius 1 is 1.61 bits per heavy atom. The van der Waals surface area contributed by atoms with Crippen LogP contribution in [0.2, 0.25) is 0 Å². The predicted octanol–water partition coefficient (Wildman–Crippen LogP) is 3.57. The molecular weight excluding hydrogens is 303 g/mol. The van der Waals surface area contributed by atoms with Gasteiger partial charge in [-0.05, 0) is 46.8 Å². The maximum absolute atomic E-state index is 13.5. The van der Waals surface area contributed by atoms with Crippen molar-refractivity contribution in [2.24, 2.45) is 5.92 Å². The van der Waals surface area contributed by atoms with Crippen molar-refractivity contribution >= 4 is 21.9 Å². The molecule has 1 saturated carbocycles. The van der Waals surface area contributed by atoms with Gasteiger partial charge in [-0.2, -0.15) is 0 Å². The Labute approximate surface area is 113 Å². The second-order valence-electron chi connectivity index (χ2n) is 4.55. The lowest BCUT2D eigenvalue weighted by atomic mass is 9.90. The fourth-order valence-corrected chi connectivity index (χ4v) is 2.90. The number of benzene rings is 1. The van der Waals surface area contributed by atoms with E-state index in [0.717, 1.165) is 12.8 Å². The highest BCUT2D eigenvalue weighted by Gasteiger charge is 2.36. The van der Waals surface area contributed by atoms with Gasteiger partial charge in [0.1, 0.15) is 11.6 Å². The van der Waals surface area contributed by atoms with E-state index < -0.39 is 5.97 Å². The second kappa shape index (κ2) is 5.26. The van der Waals surface area contributed by atoms with Crippen molar-refractivity contribution in [1.82, 2.24) is 0 Å². The van der Waals surface area contributed by atoms with E-state index in [2.05, 4.69) is 15.9 Å². The van der Waals surface area contributed by atoms with Gasteiger partial charge in [0, 0.05) is 11.5 Å². The van der Waals surface area contributed by atoms with Gasteiger partial charge in [0.2, 0.25) is 0 Å². The molecule has 0 aliphatic heterocycles. The second-order valence-corrected chi connectivity index (χ2v) is 5.41. The SMILES string of the molecule is COc1c(Br)cc(F)cc1C(CC(=O)O)C1CC1. The molecule has 5 heteroatoms. The molecule has 18 heavy (non-hydrogen) atoms. The third-order valence-electron chi connectivity index (χ3n) is 3.23. The largest absolute Gasteiger partial charge is 0.495 e. The Balaban J connectivity index is 2.42. The van der Waals surface area contributed by atoms with Gasteiger partial charge in [-0.25, -0.2) is 4.39 Å². The van der Waals surface area contributed by atoms with Gasteiger partial charge < -0.3 is 9.84 Å². The number of hydrogen-bond donors (Lipinski definition) is 1. The van der Waals surface area contributed by atoms with E-state index in [1.165, 1.54) is 19.2 Å². The van der Waals surface area contributed by atoms with Crippen molar-refractivity contribution in [3.8, 4) is 5.75 Å². The third kappa shape index (κ3) is 2.83. The van der Waals surface area contributed by atoms with Crippen LogP contribution in [0.4, 0.5) is 4.39 Å². The van der Waals surface area contributed by atoms with Crippen LogP contribution in [0, 0.1) is 11.7 Å². The van der Waals surface area contributed by atoms with Crippen molar-refractivity contribution in [1.29, 1.82) is 0 Å². The average Bonchev–Trinajstić information content (AvgIpc) is 3.08. The Morgan fingerprint density at radius 2 is 2.28 bits per heavy atom. The molecule has 1 aromatic rings. The summed E-state index contributed by atoms with van der Waals surface area (Å²) in [6.45, 7) is 0. The summed E-state index contributed by atoms with van der Waals surface area (Å²) in [7, 11) is 1.51. The molecule has 0 aromatic heterocycles. The van der Waals surface area contributed by atoms with Crippen LogP contribution < -0.4 is 4.74 Å². The summed E-state index contributed by atoms with van der Waals surface area (Å²) in [6, 6.07) is 2.71. The van der Waals surface area contributed by atoms with Gasteiger partial charge in [0.05, 0.1) is 18.0 Å². The first kappa shape index (κ1) is 13.3. The van der Waals surface area contributed by atoms with Crippen LogP contribution in [0.3, 0.4) is 0 Å². The van der Waals surface area contributed by atoms with E-state index in [1.807, 2.05) is 0 Å². The summed E-state index contributed by atoms with van der Waals surface area (Å²) in [5.74, 6) is -0.564. The van der Waals surface area contributed by atoms with Gasteiger partial charge in [-0.1, -0.05) is 0 Å². The molecule has 0 saturated heterocycles. The molecule has 0 bridgehead atoms. The molecule has 2 rings (SSSR count). The summed E-state index contributed by atoms with van der Waals surface area (Å²) in [6.07, 6.45) is 2.00. The minimum absolute atomic E-state index is 0.0108. The van der Waals surface area contributed by atoms with E-state index in [-0.39, 0.29) is 18.2 Å². The number of ether oxygens (including phenoxy) is 1. The van der Waals surface area contributed by atoms with Crippen molar-refractivity contribution in [3.05, 3.63) is 28.0 Å². The lowest BCUT2D eigenvalue weighted by Gasteiger charge is -2.19. The van der Waals surface area contributed by atoms with Gasteiger partial charge in [0.25, 0.3) is 0 Å². The number of methoxy groups -OCH3 is 1. The van der Waals surface area contributed by atoms with Gasteiger partial charge in [0.15, 0.2) is 0 Å². The highest BCUT2D eigenvalue weighted by atomic mass is 79.9. The predicted molar refractivity (Wildman–Crippen MR) is 68.4 cm³/mol. The molecule has 98 valence electrons. The lowest BCUT2D eigenvalue weighted by Crippen LogP contribution is -2.10. The first-order chi connectivity index (χ1) is 8.52. The van der Waals surface area contributed by atoms with Gasteiger partial charge in [-0.15, -0.1) is 0 Å². The normalized spacial score (nSPS) is 16.4. The van der Waals surface area contributed by atoms with Crippen molar-refractivity contribution < 1.29 is 19.0 Å². The number of carboxylic acids is 1. The zero-order valence-corrected chi connectivity index (χ0v) is 11.5. The third-order valence-corrected chi connectivity index (χ3v) is 3.82. The fourth-order valence-electron chi connectivity index (χ4n) is 2.29. The number of carbonyl (C=O) groups is 1. The standard InChI is InChI=1S/C13H14BrFO3/c1-18-13-10(4-8(15)5-11(13)14)9(6-12(16)17)7-2-3-7/h4-5,7,9H,2-3,6H2,1H3,(H,16,17). The number of aliphatic carboxylic acids is 1. The fraction of sp³-hybridized carbons (Fsp3) is 0.462. The smallest absolute Gasteiger partial charge is 0.303 e. The minimum Gasteiger partial charge on any atom is -0.495 e. The van der Waals surface area contributed by atoms with Crippen LogP contribution in [0.1, 0.15) is 30.7 Å². The first-order valence-electron chi connectivity index (χ1n) is 5.77. The van der Waals surface area contributed by atoms with Crippen LogP contribution in [-0.4, -0.2) is 18.2 Å². The van der Waals surface area contributed by atoms with Gasteiger partial charge >= 0.3 is 5.97 Å². The van der Waals surface area contributed by atoms with Crippen LogP contribution in [0.25, 0.3) is 0 Å². The zero-order valence-electron chi connectivity index (χ0n) is 9.95. The number of hydrogen-bond acceptors (Lipinski definition) is 2. The Bertz CT molecular complexity index is 472. The van der Waals surface area contributed by atoms with Crippen molar-refractivity contribution in [2.75, 3.05) is 7.11 Å². The molecule has 1 N–H and O–H groups in total. The van der Waals surface area contributed by atoms with Crippen molar-refractivity contribution in [3.63, 3.8) is 0 Å². The Hall–Kier alpha value is -1.10. The molecule has 1 aromatic carbocycles. The van der Waals surface area contributed by atoms with Gasteiger partial charge in [-0.3, -0.25) is 4.79 Å². The van der Waals surface area contributed by atoms with E-state index in [4.69, 9.17) is 9.84 Å². The maximum atomic E-state index is 13.5. The number of halogens is 2. The summed E-state index contributed by atoms with van der Waals surface area (Å²) in [4.78, 5) is 10.9. The molecule has 0 amide bonds. The van der Waals surface area contributed by atoms with Crippen LogP contribution >= 0.6 is 15.9 Å². The molecule has 1 fully saturated rings. The summed E-state index contributed by atoms with van der Waals surface area (Å²) < 4.78 is 19.3. The molecule has 1 unspecified atom stereocenters. The Morgan fingerprint density at radius 3 is 2.78 bits per heavy atom. The number of carboxylic acid groups (broad SMARTS) is 1. The quantitative estimate of drug-likeness (QED) is 0.903. The summed E-state index contributed by atoms with van der Waals surface area (Å²) >= 11 is 3.25. The molecule has 1 aliphatic rings. The minimum atomic E-state index is -0.866. The van der Waals surface area contributed by atoms with E-state index in [1.54, 1.807) is 0 Å². The van der Waals surface area contributed by atoms with Crippen LogP contribution in [0.5, 0.6) is 5.75 Å². The molecule has 0 spiro atoms. The molecular formula is C13H14BrFO3. The molecule has 1 atom stereocenters. The number of rotatable bonds is 5. The van der Waals surface area contributed by atoms with Crippen LogP contribution in [0.15, 0.2) is 16.6 Å². The highest BCUT2D eigenvalue weighted by molar-refractivity contribution is 9.10. The molecule has 1 aliphatic carbocycles. The summed E-state index contributed by atoms with van der Waals surface area (Å²) in [5, 5.41) is 8.98. The monoisotopic (exact) mass is 316 g/mol. The van der Waals surface area contributed by atoms with E-state index in [9.17, 15) is 9.18 Å². The topological polar surface area (TPSA) is 46.5 Å². The average molecular weight is 317 g/mol. The van der Waals surface area contributed by atoms with E-state index in [0.29, 0.717) is 21.7 Å². The zero-order chi connectivity index (χ0) is 13.3. The van der Waals surface area contributed by atoms with Crippen molar-refractivity contribution in [2.45, 2.75) is 25.2 Å². The highest BCUT2D eigenvalue weighted by Crippen LogP contribution is 2.48. The maximum Gasteiger partial charge on any atom is 0.303 e. The molecule has 0 radical (unpaired) electrons. The molecule has 0 heterocycles. The lowest BCUT2D eigenvalue weighted by molar-refractivity contribution is -0.137. The van der Waals surface area contributed by atoms with E-state index >= 15 is 0 Å². The summed E-state index contributed by atoms with van der Waals surface area (Å²) in [5.41, 5.74) is 0.647. The molecule has 3 nitrogen and oxygen atoms in total. The van der Waals surface area contributed by atoms with Crippen LogP contribution in [-0.2, 0) is 4.79 Å². The first-order valence-corrected chi connectivity index (χ1v) is 6.57.